The molecule has 1 aliphatic rings. The molecular weight excluding hydrogens is 326 g/mol. The van der Waals surface area contributed by atoms with Crippen molar-refractivity contribution < 1.29 is 9.59 Å². The Morgan fingerprint density at radius 3 is 2.38 bits per heavy atom. The summed E-state index contributed by atoms with van der Waals surface area (Å²) < 4.78 is 0. The maximum atomic E-state index is 12.6. The van der Waals surface area contributed by atoms with E-state index in [1.807, 2.05) is 31.3 Å². The van der Waals surface area contributed by atoms with Crippen LogP contribution in [0.3, 0.4) is 0 Å². The molecule has 26 heavy (non-hydrogen) atoms. The van der Waals surface area contributed by atoms with Crippen LogP contribution >= 0.6 is 0 Å². The Hall–Kier alpha value is -2.82. The molecular formula is C21H25N3O2. The van der Waals surface area contributed by atoms with E-state index in [0.717, 1.165) is 24.3 Å². The van der Waals surface area contributed by atoms with E-state index in [9.17, 15) is 9.59 Å². The third-order valence-corrected chi connectivity index (χ3v) is 4.86. The van der Waals surface area contributed by atoms with Gasteiger partial charge in [-0.1, -0.05) is 19.1 Å². The molecule has 2 atom stereocenters. The number of amides is 2. The zero-order valence-electron chi connectivity index (χ0n) is 15.5. The lowest BCUT2D eigenvalue weighted by Gasteiger charge is -2.17. The smallest absolute Gasteiger partial charge is 0.255 e. The fourth-order valence-electron chi connectivity index (χ4n) is 2.87. The Morgan fingerprint density at radius 1 is 1.08 bits per heavy atom. The highest BCUT2D eigenvalue weighted by atomic mass is 16.2. The second-order valence-electron chi connectivity index (χ2n) is 6.91. The van der Waals surface area contributed by atoms with Crippen molar-refractivity contribution in [3.63, 3.8) is 0 Å². The zero-order chi connectivity index (χ0) is 18.7. The maximum absolute atomic E-state index is 12.6. The van der Waals surface area contributed by atoms with Crippen molar-refractivity contribution in [2.75, 3.05) is 29.1 Å². The largest absolute Gasteiger partial charge is 0.375 e. The van der Waals surface area contributed by atoms with E-state index in [1.54, 1.807) is 24.3 Å². The summed E-state index contributed by atoms with van der Waals surface area (Å²) in [7, 11) is 2.01. The van der Waals surface area contributed by atoms with E-state index in [1.165, 1.54) is 0 Å². The van der Waals surface area contributed by atoms with E-state index >= 15 is 0 Å². The third-order valence-electron chi connectivity index (χ3n) is 4.86. The number of hydrogen-bond donors (Lipinski definition) is 2. The van der Waals surface area contributed by atoms with Gasteiger partial charge in [0, 0.05) is 42.1 Å². The topological polar surface area (TPSA) is 61.4 Å². The van der Waals surface area contributed by atoms with Crippen LogP contribution in [-0.2, 0) is 4.79 Å². The SMILES string of the molecule is CCN(C)c1cccc(NC(=O)c2cccc(NC(=O)C3CC3C)c2)c1. The molecule has 5 heteroatoms. The van der Waals surface area contributed by atoms with Crippen molar-refractivity contribution in [2.45, 2.75) is 20.3 Å². The Bertz CT molecular complexity index is 818. The monoisotopic (exact) mass is 351 g/mol. The van der Waals surface area contributed by atoms with Crippen molar-refractivity contribution in [1.29, 1.82) is 0 Å². The zero-order valence-corrected chi connectivity index (χ0v) is 15.5. The first-order valence-electron chi connectivity index (χ1n) is 9.01. The van der Waals surface area contributed by atoms with Gasteiger partial charge < -0.3 is 15.5 Å². The van der Waals surface area contributed by atoms with Crippen LogP contribution < -0.4 is 15.5 Å². The number of rotatable bonds is 6. The molecule has 0 radical (unpaired) electrons. The molecule has 2 unspecified atom stereocenters. The van der Waals surface area contributed by atoms with Crippen LogP contribution in [-0.4, -0.2) is 25.4 Å². The number of nitrogens with zero attached hydrogens (tertiary/aromatic N) is 1. The maximum Gasteiger partial charge on any atom is 0.255 e. The summed E-state index contributed by atoms with van der Waals surface area (Å²) in [4.78, 5) is 26.7. The highest BCUT2D eigenvalue weighted by molar-refractivity contribution is 6.05. The van der Waals surface area contributed by atoms with Gasteiger partial charge in [-0.25, -0.2) is 0 Å². The number of anilines is 3. The molecule has 0 spiro atoms. The third kappa shape index (κ3) is 4.23. The average molecular weight is 351 g/mol. The minimum absolute atomic E-state index is 0.0327. The summed E-state index contributed by atoms with van der Waals surface area (Å²) in [6.07, 6.45) is 0.939. The van der Waals surface area contributed by atoms with Gasteiger partial charge in [0.1, 0.15) is 0 Å². The Balaban J connectivity index is 1.68. The van der Waals surface area contributed by atoms with Gasteiger partial charge in [0.2, 0.25) is 5.91 Å². The number of hydrogen-bond acceptors (Lipinski definition) is 3. The Labute approximate surface area is 154 Å². The van der Waals surface area contributed by atoms with Crippen molar-refractivity contribution in [2.24, 2.45) is 11.8 Å². The second-order valence-corrected chi connectivity index (χ2v) is 6.91. The van der Waals surface area contributed by atoms with E-state index < -0.39 is 0 Å². The van der Waals surface area contributed by atoms with Gasteiger partial charge in [0.05, 0.1) is 0 Å². The number of nitrogens with one attached hydrogen (secondary N) is 2. The van der Waals surface area contributed by atoms with Crippen molar-refractivity contribution in [1.82, 2.24) is 0 Å². The molecule has 5 nitrogen and oxygen atoms in total. The molecule has 0 aliphatic heterocycles. The van der Waals surface area contributed by atoms with Crippen molar-refractivity contribution in [3.8, 4) is 0 Å². The molecule has 1 aliphatic carbocycles. The molecule has 2 aromatic carbocycles. The van der Waals surface area contributed by atoms with Crippen LogP contribution in [0.4, 0.5) is 17.1 Å². The summed E-state index contributed by atoms with van der Waals surface area (Å²) in [5.41, 5.74) is 2.96. The lowest BCUT2D eigenvalue weighted by atomic mass is 10.1. The van der Waals surface area contributed by atoms with Crippen LogP contribution in [0.1, 0.15) is 30.6 Å². The number of benzene rings is 2. The quantitative estimate of drug-likeness (QED) is 0.827. The molecule has 1 saturated carbocycles. The standard InChI is InChI=1S/C21H25N3O2/c1-4-24(3)18-10-6-9-17(13-18)22-20(25)15-7-5-8-16(12-15)23-21(26)19-11-14(19)2/h5-10,12-14,19H,4,11H2,1-3H3,(H,22,25)(H,23,26). The molecule has 0 bridgehead atoms. The minimum Gasteiger partial charge on any atom is -0.375 e. The van der Waals surface area contributed by atoms with Crippen molar-refractivity contribution in [3.05, 3.63) is 54.1 Å². The van der Waals surface area contributed by atoms with E-state index in [4.69, 9.17) is 0 Å². The summed E-state index contributed by atoms with van der Waals surface area (Å²) in [5, 5.41) is 5.82. The first-order valence-corrected chi connectivity index (χ1v) is 9.01. The molecule has 0 saturated heterocycles. The molecule has 136 valence electrons. The van der Waals surface area contributed by atoms with Crippen LogP contribution in [0, 0.1) is 11.8 Å². The number of carbonyl (C=O) groups is 2. The predicted octanol–water partition coefficient (Wildman–Crippen LogP) is 3.99. The molecule has 0 heterocycles. The second kappa shape index (κ2) is 7.60. The van der Waals surface area contributed by atoms with Gasteiger partial charge in [-0.15, -0.1) is 0 Å². The normalized spacial score (nSPS) is 18.1. The Kier molecular flexibility index (Phi) is 5.26. The van der Waals surface area contributed by atoms with Crippen LogP contribution in [0.5, 0.6) is 0 Å². The lowest BCUT2D eigenvalue weighted by molar-refractivity contribution is -0.117. The molecule has 2 N–H and O–H groups in total. The molecule has 3 rings (SSSR count). The van der Waals surface area contributed by atoms with Gasteiger partial charge in [-0.2, -0.15) is 0 Å². The Morgan fingerprint density at radius 2 is 1.73 bits per heavy atom. The van der Waals surface area contributed by atoms with Crippen LogP contribution in [0.2, 0.25) is 0 Å². The molecule has 2 amide bonds. The van der Waals surface area contributed by atoms with Crippen LogP contribution in [0.25, 0.3) is 0 Å². The fourth-order valence-corrected chi connectivity index (χ4v) is 2.87. The summed E-state index contributed by atoms with van der Waals surface area (Å²) in [6.45, 7) is 5.03. The first kappa shape index (κ1) is 18.0. The van der Waals surface area contributed by atoms with Gasteiger partial charge in [-0.3, -0.25) is 9.59 Å². The lowest BCUT2D eigenvalue weighted by Crippen LogP contribution is -2.17. The molecule has 1 fully saturated rings. The van der Waals surface area contributed by atoms with Crippen LogP contribution in [0.15, 0.2) is 48.5 Å². The fraction of sp³-hybridized carbons (Fsp3) is 0.333. The van der Waals surface area contributed by atoms with E-state index in [-0.39, 0.29) is 17.7 Å². The van der Waals surface area contributed by atoms with E-state index in [0.29, 0.717) is 17.2 Å². The van der Waals surface area contributed by atoms with Gasteiger partial charge >= 0.3 is 0 Å². The van der Waals surface area contributed by atoms with E-state index in [2.05, 4.69) is 29.4 Å². The summed E-state index contributed by atoms with van der Waals surface area (Å²) in [5.74, 6) is 0.392. The summed E-state index contributed by atoms with van der Waals surface area (Å²) in [6, 6.07) is 14.8. The van der Waals surface area contributed by atoms with Crippen molar-refractivity contribution >= 4 is 28.9 Å². The molecule has 2 aromatic rings. The summed E-state index contributed by atoms with van der Waals surface area (Å²) >= 11 is 0. The first-order chi connectivity index (χ1) is 12.5. The molecule has 0 aromatic heterocycles. The highest BCUT2D eigenvalue weighted by Gasteiger charge is 2.39. The van der Waals surface area contributed by atoms with Gasteiger partial charge in [0.15, 0.2) is 0 Å². The minimum atomic E-state index is -0.197. The average Bonchev–Trinajstić information content (AvgIpc) is 3.38. The van der Waals surface area contributed by atoms with Gasteiger partial charge in [-0.05, 0) is 55.7 Å². The van der Waals surface area contributed by atoms with Gasteiger partial charge in [0.25, 0.3) is 5.91 Å². The highest BCUT2D eigenvalue weighted by Crippen LogP contribution is 2.38. The predicted molar refractivity (Wildman–Crippen MR) is 106 cm³/mol. The number of carbonyl (C=O) groups excluding carboxylic acids is 2.